The molecule has 126 valence electrons. The first-order valence-electron chi connectivity index (χ1n) is 7.47. The largest absolute Gasteiger partial charge is 0.350 e. The number of halogens is 2. The molecule has 0 aliphatic rings. The second kappa shape index (κ2) is 7.93. The molecule has 24 heavy (non-hydrogen) atoms. The molecule has 0 heterocycles. The molecule has 2 aromatic rings. The Morgan fingerprint density at radius 2 is 1.92 bits per heavy atom. The number of hydrogen-bond donors (Lipinski definition) is 1. The Labute approximate surface area is 145 Å². The van der Waals surface area contributed by atoms with E-state index in [0.717, 1.165) is 11.3 Å². The summed E-state index contributed by atoms with van der Waals surface area (Å²) in [6.45, 7) is 3.79. The van der Waals surface area contributed by atoms with Gasteiger partial charge in [0.15, 0.2) is 0 Å². The van der Waals surface area contributed by atoms with E-state index in [4.69, 9.17) is 11.6 Å². The van der Waals surface area contributed by atoms with Gasteiger partial charge in [0, 0.05) is 30.7 Å². The van der Waals surface area contributed by atoms with Crippen molar-refractivity contribution in [2.45, 2.75) is 13.8 Å². The molecule has 6 heteroatoms. The van der Waals surface area contributed by atoms with Gasteiger partial charge in [-0.15, -0.1) is 0 Å². The van der Waals surface area contributed by atoms with Gasteiger partial charge in [-0.25, -0.2) is 4.39 Å². The number of aryl methyl sites for hydroxylation is 1. The summed E-state index contributed by atoms with van der Waals surface area (Å²) in [7, 11) is 0. The van der Waals surface area contributed by atoms with Crippen LogP contribution in [0.2, 0.25) is 5.02 Å². The summed E-state index contributed by atoms with van der Waals surface area (Å²) < 4.78 is 13.6. The van der Waals surface area contributed by atoms with E-state index < -0.39 is 11.7 Å². The van der Waals surface area contributed by atoms with E-state index in [0.29, 0.717) is 5.02 Å². The summed E-state index contributed by atoms with van der Waals surface area (Å²) in [4.78, 5) is 25.4. The minimum atomic E-state index is -0.577. The van der Waals surface area contributed by atoms with Crippen molar-refractivity contribution in [2.24, 2.45) is 0 Å². The normalized spacial score (nSPS) is 10.3. The zero-order valence-electron chi connectivity index (χ0n) is 13.5. The lowest BCUT2D eigenvalue weighted by molar-refractivity contribution is -0.116. The smallest absolute Gasteiger partial charge is 0.254 e. The first-order chi connectivity index (χ1) is 11.4. The summed E-state index contributed by atoms with van der Waals surface area (Å²) >= 11 is 5.93. The van der Waals surface area contributed by atoms with Crippen LogP contribution in [0.4, 0.5) is 10.1 Å². The average Bonchev–Trinajstić information content (AvgIpc) is 2.52. The van der Waals surface area contributed by atoms with Gasteiger partial charge >= 0.3 is 0 Å². The first-order valence-corrected chi connectivity index (χ1v) is 7.85. The van der Waals surface area contributed by atoms with Gasteiger partial charge in [-0.2, -0.15) is 0 Å². The molecule has 0 aliphatic heterocycles. The third kappa shape index (κ3) is 4.32. The van der Waals surface area contributed by atoms with Crippen molar-refractivity contribution in [2.75, 3.05) is 18.0 Å². The van der Waals surface area contributed by atoms with Gasteiger partial charge in [0.05, 0.1) is 5.56 Å². The van der Waals surface area contributed by atoms with E-state index in [9.17, 15) is 14.0 Å². The molecule has 0 aliphatic carbocycles. The molecule has 2 rings (SSSR count). The van der Waals surface area contributed by atoms with Crippen molar-refractivity contribution < 1.29 is 14.0 Å². The highest BCUT2D eigenvalue weighted by Crippen LogP contribution is 2.23. The predicted octanol–water partition coefficient (Wildman–Crippen LogP) is 3.57. The summed E-state index contributed by atoms with van der Waals surface area (Å²) in [5.74, 6) is -1.24. The van der Waals surface area contributed by atoms with Gasteiger partial charge in [0.25, 0.3) is 5.91 Å². The second-order valence-electron chi connectivity index (χ2n) is 5.34. The summed E-state index contributed by atoms with van der Waals surface area (Å²) in [5.41, 5.74) is 1.57. The monoisotopic (exact) mass is 348 g/mol. The van der Waals surface area contributed by atoms with Gasteiger partial charge in [-0.05, 0) is 42.8 Å². The predicted molar refractivity (Wildman–Crippen MR) is 92.9 cm³/mol. The number of hydrogen-bond acceptors (Lipinski definition) is 2. The number of carbonyl (C=O) groups is 2. The fourth-order valence-corrected chi connectivity index (χ4v) is 2.62. The van der Waals surface area contributed by atoms with Crippen LogP contribution in [0.25, 0.3) is 0 Å². The van der Waals surface area contributed by atoms with Crippen molar-refractivity contribution >= 4 is 29.1 Å². The fraction of sp³-hybridized carbons (Fsp3) is 0.222. The zero-order valence-corrected chi connectivity index (χ0v) is 14.2. The van der Waals surface area contributed by atoms with Crippen molar-refractivity contribution in [1.29, 1.82) is 0 Å². The maximum atomic E-state index is 13.6. The van der Waals surface area contributed by atoms with Crippen LogP contribution >= 0.6 is 11.6 Å². The minimum Gasteiger partial charge on any atom is -0.350 e. The molecule has 0 aromatic heterocycles. The number of rotatable bonds is 5. The Balaban J connectivity index is 2.04. The quantitative estimate of drug-likeness (QED) is 0.898. The lowest BCUT2D eigenvalue weighted by atomic mass is 10.1. The first kappa shape index (κ1) is 17.9. The third-order valence-corrected chi connectivity index (χ3v) is 3.80. The molecule has 1 N–H and O–H groups in total. The minimum absolute atomic E-state index is 0.0189. The Kier molecular flexibility index (Phi) is 5.93. The molecule has 0 atom stereocenters. The van der Waals surface area contributed by atoms with E-state index in [-0.39, 0.29) is 24.6 Å². The van der Waals surface area contributed by atoms with Crippen molar-refractivity contribution in [3.05, 3.63) is 64.4 Å². The van der Waals surface area contributed by atoms with E-state index in [1.54, 1.807) is 29.2 Å². The topological polar surface area (TPSA) is 49.4 Å². The molecule has 0 saturated heterocycles. The summed E-state index contributed by atoms with van der Waals surface area (Å²) in [6, 6.07) is 11.0. The van der Waals surface area contributed by atoms with E-state index >= 15 is 0 Å². The van der Waals surface area contributed by atoms with Crippen molar-refractivity contribution in [3.63, 3.8) is 0 Å². The highest BCUT2D eigenvalue weighted by atomic mass is 35.5. The molecule has 2 aromatic carbocycles. The van der Waals surface area contributed by atoms with Crippen LogP contribution < -0.4 is 10.2 Å². The number of nitrogens with one attached hydrogen (secondary N) is 1. The highest BCUT2D eigenvalue weighted by Gasteiger charge is 2.15. The molecule has 0 radical (unpaired) electrons. The molecule has 0 spiro atoms. The van der Waals surface area contributed by atoms with Crippen LogP contribution in [0.5, 0.6) is 0 Å². The van der Waals surface area contributed by atoms with Gasteiger partial charge in [-0.1, -0.05) is 23.7 Å². The fourth-order valence-electron chi connectivity index (χ4n) is 2.39. The van der Waals surface area contributed by atoms with Gasteiger partial charge in [0.2, 0.25) is 5.91 Å². The van der Waals surface area contributed by atoms with Gasteiger partial charge in [-0.3, -0.25) is 9.59 Å². The zero-order chi connectivity index (χ0) is 17.7. The van der Waals surface area contributed by atoms with Gasteiger partial charge < -0.3 is 10.2 Å². The maximum absolute atomic E-state index is 13.6. The van der Waals surface area contributed by atoms with E-state index in [1.165, 1.54) is 25.1 Å². The van der Waals surface area contributed by atoms with Crippen LogP contribution in [0.15, 0.2) is 42.5 Å². The standard InChI is InChI=1S/C18H18ClFN2O2/c1-12-11-14(19)7-8-17(12)22(13(2)23)10-9-21-18(24)15-5-3-4-6-16(15)20/h3-8,11H,9-10H2,1-2H3,(H,21,24). The molecule has 0 fully saturated rings. The number of carbonyl (C=O) groups excluding carboxylic acids is 2. The molecule has 2 amide bonds. The van der Waals surface area contributed by atoms with Gasteiger partial charge in [0.1, 0.15) is 5.82 Å². The highest BCUT2D eigenvalue weighted by molar-refractivity contribution is 6.30. The number of nitrogens with zero attached hydrogens (tertiary/aromatic N) is 1. The Bertz CT molecular complexity index is 764. The van der Waals surface area contributed by atoms with Crippen molar-refractivity contribution in [1.82, 2.24) is 5.32 Å². The van der Waals surface area contributed by atoms with Crippen LogP contribution in [-0.2, 0) is 4.79 Å². The van der Waals surface area contributed by atoms with Crippen LogP contribution in [0.3, 0.4) is 0 Å². The molecule has 4 nitrogen and oxygen atoms in total. The lowest BCUT2D eigenvalue weighted by Gasteiger charge is -2.23. The summed E-state index contributed by atoms with van der Waals surface area (Å²) in [6.07, 6.45) is 0. The van der Waals surface area contributed by atoms with E-state index in [1.807, 2.05) is 6.92 Å². The number of anilines is 1. The summed E-state index contributed by atoms with van der Waals surface area (Å²) in [5, 5.41) is 3.22. The Hall–Kier alpha value is -2.40. The number of amides is 2. The molecule has 0 unspecified atom stereocenters. The molecular formula is C18H18ClFN2O2. The van der Waals surface area contributed by atoms with Crippen LogP contribution in [0, 0.1) is 12.7 Å². The third-order valence-electron chi connectivity index (χ3n) is 3.57. The Morgan fingerprint density at radius 3 is 2.54 bits per heavy atom. The van der Waals surface area contributed by atoms with Crippen LogP contribution in [-0.4, -0.2) is 24.9 Å². The number of benzene rings is 2. The van der Waals surface area contributed by atoms with Crippen LogP contribution in [0.1, 0.15) is 22.8 Å². The average molecular weight is 349 g/mol. The molecule has 0 bridgehead atoms. The SMILES string of the molecule is CC(=O)N(CCNC(=O)c1ccccc1F)c1ccc(Cl)cc1C. The molecule has 0 saturated carbocycles. The Morgan fingerprint density at radius 1 is 1.21 bits per heavy atom. The molecular weight excluding hydrogens is 331 g/mol. The van der Waals surface area contributed by atoms with E-state index in [2.05, 4.69) is 5.32 Å². The van der Waals surface area contributed by atoms with Crippen molar-refractivity contribution in [3.8, 4) is 0 Å². The maximum Gasteiger partial charge on any atom is 0.254 e. The lowest BCUT2D eigenvalue weighted by Crippen LogP contribution is -2.38. The second-order valence-corrected chi connectivity index (χ2v) is 5.77.